The number of aryl methyl sites for hydroxylation is 3. The van der Waals surface area contributed by atoms with Crippen molar-refractivity contribution >= 4 is 10.0 Å². The Labute approximate surface area is 113 Å². The van der Waals surface area contributed by atoms with Gasteiger partial charge in [-0.15, -0.1) is 0 Å². The van der Waals surface area contributed by atoms with Gasteiger partial charge in [-0.05, 0) is 39.0 Å². The molecule has 1 aromatic heterocycles. The van der Waals surface area contributed by atoms with Crippen LogP contribution in [0.2, 0.25) is 0 Å². The third kappa shape index (κ3) is 3.24. The molecule has 2 rings (SSSR count). The number of hydrogen-bond donors (Lipinski definition) is 1. The van der Waals surface area contributed by atoms with Crippen molar-refractivity contribution in [1.29, 1.82) is 0 Å². The van der Waals surface area contributed by atoms with Crippen molar-refractivity contribution in [2.45, 2.75) is 32.2 Å². The van der Waals surface area contributed by atoms with Gasteiger partial charge in [0.15, 0.2) is 0 Å². The molecule has 1 heterocycles. The lowest BCUT2D eigenvalue weighted by molar-refractivity contribution is 0.500. The van der Waals surface area contributed by atoms with Crippen LogP contribution in [-0.2, 0) is 16.6 Å². The molecule has 0 radical (unpaired) electrons. The minimum atomic E-state index is -3.47. The van der Waals surface area contributed by atoms with E-state index in [-0.39, 0.29) is 11.4 Å². The molecule has 0 amide bonds. The number of rotatable bonds is 4. The quantitative estimate of drug-likeness (QED) is 0.936. The van der Waals surface area contributed by atoms with Crippen molar-refractivity contribution in [2.75, 3.05) is 0 Å². The lowest BCUT2D eigenvalue weighted by atomic mass is 10.2. The maximum Gasteiger partial charge on any atom is 0.240 e. The Kier molecular flexibility index (Phi) is 3.78. The van der Waals surface area contributed by atoms with Crippen LogP contribution in [0, 0.1) is 20.8 Å². The van der Waals surface area contributed by atoms with Crippen LogP contribution in [0.1, 0.15) is 22.6 Å². The first-order valence-electron chi connectivity index (χ1n) is 6.01. The third-order valence-corrected chi connectivity index (χ3v) is 4.34. The zero-order valence-electron chi connectivity index (χ0n) is 11.2. The molecule has 0 saturated carbocycles. The van der Waals surface area contributed by atoms with Crippen molar-refractivity contribution in [3.05, 3.63) is 53.0 Å². The predicted molar refractivity (Wildman–Crippen MR) is 73.4 cm³/mol. The molecule has 5 heteroatoms. The van der Waals surface area contributed by atoms with Crippen molar-refractivity contribution in [1.82, 2.24) is 4.72 Å². The fourth-order valence-electron chi connectivity index (χ4n) is 1.83. The first kappa shape index (κ1) is 13.8. The zero-order valence-corrected chi connectivity index (χ0v) is 12.0. The van der Waals surface area contributed by atoms with E-state index < -0.39 is 10.0 Å². The largest absolute Gasteiger partial charge is 0.466 e. The molecule has 0 unspecified atom stereocenters. The fraction of sp³-hybridized carbons (Fsp3) is 0.286. The topological polar surface area (TPSA) is 59.3 Å². The fourth-order valence-corrected chi connectivity index (χ4v) is 2.84. The highest BCUT2D eigenvalue weighted by molar-refractivity contribution is 7.89. The Bertz CT molecular complexity index is 669. The minimum absolute atomic E-state index is 0.235. The highest BCUT2D eigenvalue weighted by Gasteiger charge is 2.14. The molecule has 0 aliphatic heterocycles. The van der Waals surface area contributed by atoms with Crippen molar-refractivity contribution in [3.8, 4) is 0 Å². The number of benzene rings is 1. The zero-order chi connectivity index (χ0) is 14.0. The summed E-state index contributed by atoms with van der Waals surface area (Å²) in [6.07, 6.45) is 0. The molecule has 102 valence electrons. The third-order valence-electron chi connectivity index (χ3n) is 2.93. The SMILES string of the molecule is Cc1ccc(S(=O)(=O)NCc2cc(C)oc2C)cc1. The summed E-state index contributed by atoms with van der Waals surface area (Å²) in [5.41, 5.74) is 1.88. The average Bonchev–Trinajstić information content (AvgIpc) is 2.66. The maximum atomic E-state index is 12.1. The molecule has 0 saturated heterocycles. The van der Waals surface area contributed by atoms with Gasteiger partial charge in [-0.25, -0.2) is 13.1 Å². The monoisotopic (exact) mass is 279 g/mol. The van der Waals surface area contributed by atoms with Crippen LogP contribution in [0.15, 0.2) is 39.6 Å². The lowest BCUT2D eigenvalue weighted by Crippen LogP contribution is -2.23. The van der Waals surface area contributed by atoms with Crippen LogP contribution >= 0.6 is 0 Å². The second kappa shape index (κ2) is 5.19. The van der Waals surface area contributed by atoms with Gasteiger partial charge in [-0.1, -0.05) is 17.7 Å². The Morgan fingerprint density at radius 1 is 1.11 bits per heavy atom. The van der Waals surface area contributed by atoms with Gasteiger partial charge >= 0.3 is 0 Å². The molecule has 0 atom stereocenters. The summed E-state index contributed by atoms with van der Waals surface area (Å²) in [7, 11) is -3.47. The van der Waals surface area contributed by atoms with Gasteiger partial charge in [0.2, 0.25) is 10.0 Å². The van der Waals surface area contributed by atoms with Crippen LogP contribution < -0.4 is 4.72 Å². The van der Waals surface area contributed by atoms with E-state index in [4.69, 9.17) is 4.42 Å². The highest BCUT2D eigenvalue weighted by atomic mass is 32.2. The van der Waals surface area contributed by atoms with E-state index in [1.54, 1.807) is 24.3 Å². The Hall–Kier alpha value is -1.59. The molecule has 0 spiro atoms. The molecule has 19 heavy (non-hydrogen) atoms. The molecule has 0 aliphatic rings. The van der Waals surface area contributed by atoms with E-state index in [1.807, 2.05) is 26.8 Å². The van der Waals surface area contributed by atoms with E-state index in [0.29, 0.717) is 0 Å². The van der Waals surface area contributed by atoms with Crippen LogP contribution in [0.4, 0.5) is 0 Å². The Morgan fingerprint density at radius 3 is 2.26 bits per heavy atom. The number of hydrogen-bond acceptors (Lipinski definition) is 3. The second-order valence-electron chi connectivity index (χ2n) is 4.58. The highest BCUT2D eigenvalue weighted by Crippen LogP contribution is 2.15. The molecule has 4 nitrogen and oxygen atoms in total. The molecule has 2 aromatic rings. The van der Waals surface area contributed by atoms with Crippen molar-refractivity contribution in [2.24, 2.45) is 0 Å². The average molecular weight is 279 g/mol. The summed E-state index contributed by atoms with van der Waals surface area (Å²) in [4.78, 5) is 0.274. The van der Waals surface area contributed by atoms with E-state index in [0.717, 1.165) is 22.6 Å². The molecule has 0 bridgehead atoms. The normalized spacial score (nSPS) is 11.7. The first-order valence-corrected chi connectivity index (χ1v) is 7.49. The minimum Gasteiger partial charge on any atom is -0.466 e. The van der Waals surface area contributed by atoms with E-state index in [2.05, 4.69) is 4.72 Å². The van der Waals surface area contributed by atoms with E-state index in [9.17, 15) is 8.42 Å². The van der Waals surface area contributed by atoms with Gasteiger partial charge in [0.25, 0.3) is 0 Å². The van der Waals surface area contributed by atoms with Gasteiger partial charge < -0.3 is 4.42 Å². The smallest absolute Gasteiger partial charge is 0.240 e. The van der Waals surface area contributed by atoms with Crippen LogP contribution in [0.25, 0.3) is 0 Å². The summed E-state index contributed by atoms with van der Waals surface area (Å²) in [6.45, 7) is 5.81. The first-order chi connectivity index (χ1) is 8.88. The number of nitrogens with one attached hydrogen (secondary N) is 1. The predicted octanol–water partition coefficient (Wildman–Crippen LogP) is 2.68. The maximum absolute atomic E-state index is 12.1. The van der Waals surface area contributed by atoms with Crippen molar-refractivity contribution < 1.29 is 12.8 Å². The summed E-state index contributed by atoms with van der Waals surface area (Å²) < 4.78 is 32.1. The summed E-state index contributed by atoms with van der Waals surface area (Å²) in [5.74, 6) is 1.52. The lowest BCUT2D eigenvalue weighted by Gasteiger charge is -2.06. The standard InChI is InChI=1S/C14H17NO3S/c1-10-4-6-14(7-5-10)19(16,17)15-9-13-8-11(2)18-12(13)3/h4-8,15H,9H2,1-3H3. The summed E-state index contributed by atoms with van der Waals surface area (Å²) >= 11 is 0. The molecular formula is C14H17NO3S. The summed E-state index contributed by atoms with van der Waals surface area (Å²) in [6, 6.07) is 8.60. The van der Waals surface area contributed by atoms with E-state index >= 15 is 0 Å². The van der Waals surface area contributed by atoms with Crippen molar-refractivity contribution in [3.63, 3.8) is 0 Å². The molecule has 1 N–H and O–H groups in total. The van der Waals surface area contributed by atoms with Crippen LogP contribution in [0.5, 0.6) is 0 Å². The van der Waals surface area contributed by atoms with Crippen LogP contribution in [0.3, 0.4) is 0 Å². The molecule has 1 aromatic carbocycles. The number of furan rings is 1. The van der Waals surface area contributed by atoms with Gasteiger partial charge in [0.1, 0.15) is 11.5 Å². The Balaban J connectivity index is 2.14. The Morgan fingerprint density at radius 2 is 1.74 bits per heavy atom. The van der Waals surface area contributed by atoms with E-state index in [1.165, 1.54) is 0 Å². The second-order valence-corrected chi connectivity index (χ2v) is 6.34. The number of sulfonamides is 1. The molecule has 0 aliphatic carbocycles. The van der Waals surface area contributed by atoms with Gasteiger partial charge in [-0.2, -0.15) is 0 Å². The van der Waals surface area contributed by atoms with Crippen LogP contribution in [-0.4, -0.2) is 8.42 Å². The van der Waals surface area contributed by atoms with Gasteiger partial charge in [0, 0.05) is 12.1 Å². The van der Waals surface area contributed by atoms with Gasteiger partial charge in [-0.3, -0.25) is 0 Å². The summed E-state index contributed by atoms with van der Waals surface area (Å²) in [5, 5.41) is 0. The molecular weight excluding hydrogens is 262 g/mol. The molecule has 0 fully saturated rings. The van der Waals surface area contributed by atoms with Gasteiger partial charge in [0.05, 0.1) is 4.90 Å².